The van der Waals surface area contributed by atoms with Crippen LogP contribution in [0.1, 0.15) is 42.3 Å². The molecule has 106 valence electrons. The Morgan fingerprint density at radius 2 is 1.60 bits per heavy atom. The van der Waals surface area contributed by atoms with Gasteiger partial charge in [0, 0.05) is 0 Å². The van der Waals surface area contributed by atoms with Crippen molar-refractivity contribution in [1.29, 1.82) is 0 Å². The molecule has 1 unspecified atom stereocenters. The van der Waals surface area contributed by atoms with E-state index in [1.165, 1.54) is 11.6 Å². The highest BCUT2D eigenvalue weighted by atomic mass is 79.9. The monoisotopic (exact) mass is 398 g/mol. The standard InChI is InChI=1S/C17H17Br2F/c1-17(2,3)12-9-7-11(8-10-12)15(18)13-5-4-6-14(20)16(13)19/h4-10,15H,1-3H3. The van der Waals surface area contributed by atoms with Crippen LogP contribution >= 0.6 is 31.9 Å². The minimum Gasteiger partial charge on any atom is -0.206 e. The van der Waals surface area contributed by atoms with Gasteiger partial charge in [-0.15, -0.1) is 0 Å². The van der Waals surface area contributed by atoms with Crippen LogP contribution in [-0.4, -0.2) is 0 Å². The quantitative estimate of drug-likeness (QED) is 0.514. The zero-order chi connectivity index (χ0) is 14.9. The van der Waals surface area contributed by atoms with Crippen molar-refractivity contribution in [1.82, 2.24) is 0 Å². The molecule has 1 atom stereocenters. The molecular formula is C17H17Br2F. The number of rotatable bonds is 2. The van der Waals surface area contributed by atoms with Crippen LogP contribution in [0.15, 0.2) is 46.9 Å². The predicted octanol–water partition coefficient (Wildman–Crippen LogP) is 6.37. The lowest BCUT2D eigenvalue weighted by atomic mass is 9.86. The maximum Gasteiger partial charge on any atom is 0.137 e. The fraction of sp³-hybridized carbons (Fsp3) is 0.294. The summed E-state index contributed by atoms with van der Waals surface area (Å²) in [6.45, 7) is 6.57. The topological polar surface area (TPSA) is 0 Å². The number of halogens is 3. The first-order valence-corrected chi connectivity index (χ1v) is 8.20. The zero-order valence-electron chi connectivity index (χ0n) is 11.8. The average molecular weight is 400 g/mol. The molecule has 0 aliphatic heterocycles. The lowest BCUT2D eigenvalue weighted by molar-refractivity contribution is 0.590. The van der Waals surface area contributed by atoms with Crippen molar-refractivity contribution in [2.75, 3.05) is 0 Å². The van der Waals surface area contributed by atoms with Crippen LogP contribution in [0, 0.1) is 5.82 Å². The molecule has 2 aromatic rings. The number of hydrogen-bond acceptors (Lipinski definition) is 0. The van der Waals surface area contributed by atoms with E-state index in [4.69, 9.17) is 0 Å². The summed E-state index contributed by atoms with van der Waals surface area (Å²) in [5.74, 6) is -0.238. The molecule has 0 amide bonds. The smallest absolute Gasteiger partial charge is 0.137 e. The van der Waals surface area contributed by atoms with Gasteiger partial charge in [-0.3, -0.25) is 0 Å². The largest absolute Gasteiger partial charge is 0.206 e. The van der Waals surface area contributed by atoms with Gasteiger partial charge in [0.2, 0.25) is 0 Å². The molecule has 2 rings (SSSR count). The van der Waals surface area contributed by atoms with Crippen LogP contribution in [0.3, 0.4) is 0 Å². The Balaban J connectivity index is 2.34. The SMILES string of the molecule is CC(C)(C)c1ccc(C(Br)c2cccc(F)c2Br)cc1. The molecule has 0 aromatic heterocycles. The van der Waals surface area contributed by atoms with Gasteiger partial charge >= 0.3 is 0 Å². The number of hydrogen-bond donors (Lipinski definition) is 0. The van der Waals surface area contributed by atoms with Gasteiger partial charge in [-0.2, -0.15) is 0 Å². The van der Waals surface area contributed by atoms with Gasteiger partial charge in [-0.25, -0.2) is 4.39 Å². The Morgan fingerprint density at radius 1 is 1.00 bits per heavy atom. The van der Waals surface area contributed by atoms with E-state index in [0.29, 0.717) is 4.47 Å². The first-order valence-electron chi connectivity index (χ1n) is 6.49. The molecule has 0 bridgehead atoms. The van der Waals surface area contributed by atoms with Gasteiger partial charge < -0.3 is 0 Å². The molecule has 3 heteroatoms. The van der Waals surface area contributed by atoms with Crippen molar-refractivity contribution < 1.29 is 4.39 Å². The second-order valence-electron chi connectivity index (χ2n) is 5.88. The summed E-state index contributed by atoms with van der Waals surface area (Å²) < 4.78 is 14.1. The lowest BCUT2D eigenvalue weighted by Crippen LogP contribution is -2.10. The highest BCUT2D eigenvalue weighted by Gasteiger charge is 2.17. The summed E-state index contributed by atoms with van der Waals surface area (Å²) in [4.78, 5) is -0.0263. The molecule has 0 radical (unpaired) electrons. The minimum atomic E-state index is -0.238. The van der Waals surface area contributed by atoms with Gasteiger partial charge in [0.1, 0.15) is 5.82 Å². The van der Waals surface area contributed by atoms with Crippen molar-refractivity contribution in [2.45, 2.75) is 31.0 Å². The van der Waals surface area contributed by atoms with Gasteiger partial charge in [0.15, 0.2) is 0 Å². The maximum absolute atomic E-state index is 13.6. The molecule has 0 spiro atoms. The second-order valence-corrected chi connectivity index (χ2v) is 7.59. The first kappa shape index (κ1) is 15.7. The van der Waals surface area contributed by atoms with Crippen molar-refractivity contribution in [3.05, 3.63) is 69.4 Å². The summed E-state index contributed by atoms with van der Waals surface area (Å²) in [6.07, 6.45) is 0. The second kappa shape index (κ2) is 5.98. The van der Waals surface area contributed by atoms with Gasteiger partial charge in [0.25, 0.3) is 0 Å². The fourth-order valence-electron chi connectivity index (χ4n) is 2.05. The molecule has 0 aliphatic carbocycles. The molecule has 0 heterocycles. The van der Waals surface area contributed by atoms with E-state index < -0.39 is 0 Å². The Hall–Kier alpha value is -0.670. The van der Waals surface area contributed by atoms with E-state index in [1.54, 1.807) is 6.07 Å². The minimum absolute atomic E-state index is 0.0263. The highest BCUT2D eigenvalue weighted by molar-refractivity contribution is 9.11. The van der Waals surface area contributed by atoms with E-state index in [2.05, 4.69) is 76.9 Å². The summed E-state index contributed by atoms with van der Waals surface area (Å²) in [6, 6.07) is 13.6. The molecule has 0 fully saturated rings. The molecule has 2 aromatic carbocycles. The van der Waals surface area contributed by atoms with Gasteiger partial charge in [0.05, 0.1) is 9.30 Å². The van der Waals surface area contributed by atoms with E-state index in [1.807, 2.05) is 6.07 Å². The van der Waals surface area contributed by atoms with E-state index >= 15 is 0 Å². The lowest BCUT2D eigenvalue weighted by Gasteiger charge is -2.20. The molecule has 0 nitrogen and oxygen atoms in total. The fourth-order valence-corrected chi connectivity index (χ4v) is 3.54. The van der Waals surface area contributed by atoms with E-state index in [9.17, 15) is 4.39 Å². The summed E-state index contributed by atoms with van der Waals surface area (Å²) in [5, 5.41) is 0. The van der Waals surface area contributed by atoms with Crippen LogP contribution < -0.4 is 0 Å². The third-order valence-electron chi connectivity index (χ3n) is 3.32. The Bertz CT molecular complexity index is 597. The highest BCUT2D eigenvalue weighted by Crippen LogP contribution is 2.37. The molecule has 0 saturated carbocycles. The molecule has 20 heavy (non-hydrogen) atoms. The summed E-state index contributed by atoms with van der Waals surface area (Å²) >= 11 is 6.98. The summed E-state index contributed by atoms with van der Waals surface area (Å²) in [7, 11) is 0. The Kier molecular flexibility index (Phi) is 4.70. The van der Waals surface area contributed by atoms with E-state index in [-0.39, 0.29) is 16.1 Å². The third kappa shape index (κ3) is 3.32. The first-order chi connectivity index (χ1) is 9.30. The molecule has 0 N–H and O–H groups in total. The normalized spacial score (nSPS) is 13.3. The van der Waals surface area contributed by atoms with Crippen LogP contribution in [0.25, 0.3) is 0 Å². The predicted molar refractivity (Wildman–Crippen MR) is 90.0 cm³/mol. The zero-order valence-corrected chi connectivity index (χ0v) is 14.9. The van der Waals surface area contributed by atoms with Crippen molar-refractivity contribution in [2.24, 2.45) is 0 Å². The molecule has 0 saturated heterocycles. The van der Waals surface area contributed by atoms with Gasteiger partial charge in [-0.1, -0.05) is 73.1 Å². The van der Waals surface area contributed by atoms with Crippen molar-refractivity contribution >= 4 is 31.9 Å². The van der Waals surface area contributed by atoms with Crippen LogP contribution in [0.4, 0.5) is 4.39 Å². The molecular weight excluding hydrogens is 383 g/mol. The Morgan fingerprint density at radius 3 is 2.15 bits per heavy atom. The third-order valence-corrected chi connectivity index (χ3v) is 5.18. The van der Waals surface area contributed by atoms with Crippen LogP contribution in [0.2, 0.25) is 0 Å². The molecule has 0 aliphatic rings. The number of benzene rings is 2. The number of alkyl halides is 1. The van der Waals surface area contributed by atoms with Crippen molar-refractivity contribution in [3.63, 3.8) is 0 Å². The maximum atomic E-state index is 13.6. The van der Waals surface area contributed by atoms with E-state index in [0.717, 1.165) is 11.1 Å². The van der Waals surface area contributed by atoms with Crippen LogP contribution in [-0.2, 0) is 5.41 Å². The summed E-state index contributed by atoms with van der Waals surface area (Å²) in [5.41, 5.74) is 3.44. The Labute approximate surface area is 136 Å². The average Bonchev–Trinajstić information content (AvgIpc) is 2.40. The van der Waals surface area contributed by atoms with Crippen LogP contribution in [0.5, 0.6) is 0 Å². The van der Waals surface area contributed by atoms with Gasteiger partial charge in [-0.05, 0) is 44.1 Å². The van der Waals surface area contributed by atoms with Crippen molar-refractivity contribution in [3.8, 4) is 0 Å².